The van der Waals surface area contributed by atoms with Crippen LogP contribution in [-0.2, 0) is 10.3 Å². The molecule has 7 heteroatoms. The van der Waals surface area contributed by atoms with Crippen molar-refractivity contribution in [3.05, 3.63) is 62.8 Å². The number of ether oxygens (including phenoxy) is 2. The second-order valence-corrected chi connectivity index (χ2v) is 6.97. The quantitative estimate of drug-likeness (QED) is 0.701. The molecule has 0 radical (unpaired) electrons. The van der Waals surface area contributed by atoms with E-state index in [4.69, 9.17) is 21.1 Å². The van der Waals surface area contributed by atoms with Crippen LogP contribution in [0.15, 0.2) is 40.9 Å². The van der Waals surface area contributed by atoms with Gasteiger partial charge in [0.15, 0.2) is 5.60 Å². The van der Waals surface area contributed by atoms with Crippen molar-refractivity contribution < 1.29 is 18.7 Å². The lowest BCUT2D eigenvalue weighted by molar-refractivity contribution is -0.00241. The Morgan fingerprint density at radius 3 is 2.76 bits per heavy atom. The van der Waals surface area contributed by atoms with Crippen LogP contribution in [0.5, 0.6) is 5.75 Å². The van der Waals surface area contributed by atoms with E-state index < -0.39 is 17.5 Å². The summed E-state index contributed by atoms with van der Waals surface area (Å²) in [5, 5.41) is 2.42. The third-order valence-corrected chi connectivity index (χ3v) is 5.89. The third kappa shape index (κ3) is 2.98. The Labute approximate surface area is 158 Å². The third-order valence-electron chi connectivity index (χ3n) is 4.47. The minimum Gasteiger partial charge on any atom is -0.478 e. The lowest BCUT2D eigenvalue weighted by Gasteiger charge is -2.33. The van der Waals surface area contributed by atoms with Crippen LogP contribution in [0.25, 0.3) is 0 Å². The van der Waals surface area contributed by atoms with Crippen LogP contribution in [0, 0.1) is 5.82 Å². The van der Waals surface area contributed by atoms with Crippen molar-refractivity contribution in [3.63, 3.8) is 0 Å². The van der Waals surface area contributed by atoms with Gasteiger partial charge in [0.1, 0.15) is 18.2 Å². The number of hydrogen-bond acceptors (Lipinski definition) is 3. The molecule has 0 aromatic heterocycles. The summed E-state index contributed by atoms with van der Waals surface area (Å²) < 4.78 is 26.0. The second-order valence-electron chi connectivity index (χ2n) is 5.80. The molecule has 4 nitrogen and oxygen atoms in total. The Bertz CT molecular complexity index is 818. The molecule has 3 rings (SSSR count). The molecule has 0 spiro atoms. The van der Waals surface area contributed by atoms with Gasteiger partial charge in [-0.2, -0.15) is 0 Å². The number of fused-ring (bicyclic) bond motifs is 1. The summed E-state index contributed by atoms with van der Waals surface area (Å²) in [6.07, 6.45) is -0.564. The van der Waals surface area contributed by atoms with E-state index in [9.17, 15) is 9.18 Å². The SMILES string of the molecule is CNC(=O)OC[C@]1(c2ccccc2)Oc2cc(F)c(Cl)c(Br)c2[C@@H]1C. The van der Waals surface area contributed by atoms with Crippen LogP contribution in [0.3, 0.4) is 0 Å². The number of hydrogen-bond donors (Lipinski definition) is 1. The minimum absolute atomic E-state index is 0.00489. The molecule has 0 fully saturated rings. The predicted molar refractivity (Wildman–Crippen MR) is 96.7 cm³/mol. The summed E-state index contributed by atoms with van der Waals surface area (Å²) in [7, 11) is 1.48. The number of halogens is 3. The van der Waals surface area contributed by atoms with Gasteiger partial charge in [0.2, 0.25) is 0 Å². The van der Waals surface area contributed by atoms with Crippen LogP contribution in [0.2, 0.25) is 5.02 Å². The molecule has 0 saturated heterocycles. The van der Waals surface area contributed by atoms with Gasteiger partial charge in [0.25, 0.3) is 0 Å². The first kappa shape index (κ1) is 18.0. The second kappa shape index (κ2) is 6.84. The Morgan fingerprint density at radius 1 is 1.44 bits per heavy atom. The smallest absolute Gasteiger partial charge is 0.407 e. The predicted octanol–water partition coefficient (Wildman–Crippen LogP) is 4.99. The fourth-order valence-corrected chi connectivity index (χ4v) is 3.99. The fourth-order valence-electron chi connectivity index (χ4n) is 3.11. The minimum atomic E-state index is -0.976. The van der Waals surface area contributed by atoms with Crippen LogP contribution in [-0.4, -0.2) is 19.7 Å². The molecular weight excluding hydrogens is 413 g/mol. The highest BCUT2D eigenvalue weighted by atomic mass is 79.9. The van der Waals surface area contributed by atoms with Crippen molar-refractivity contribution in [2.24, 2.45) is 0 Å². The van der Waals surface area contributed by atoms with E-state index in [1.807, 2.05) is 37.3 Å². The van der Waals surface area contributed by atoms with E-state index in [0.717, 1.165) is 11.1 Å². The number of amides is 1. The molecule has 1 heterocycles. The average Bonchev–Trinajstić information content (AvgIpc) is 2.91. The van der Waals surface area contributed by atoms with Gasteiger partial charge in [-0.3, -0.25) is 0 Å². The van der Waals surface area contributed by atoms with Crippen LogP contribution in [0.4, 0.5) is 9.18 Å². The van der Waals surface area contributed by atoms with Gasteiger partial charge >= 0.3 is 6.09 Å². The van der Waals surface area contributed by atoms with E-state index in [2.05, 4.69) is 21.2 Å². The Kier molecular flexibility index (Phi) is 4.93. The van der Waals surface area contributed by atoms with Crippen molar-refractivity contribution in [1.29, 1.82) is 0 Å². The molecule has 2 aromatic carbocycles. The largest absolute Gasteiger partial charge is 0.478 e. The highest BCUT2D eigenvalue weighted by molar-refractivity contribution is 9.10. The molecule has 0 saturated carbocycles. The summed E-state index contributed by atoms with van der Waals surface area (Å²) in [4.78, 5) is 11.6. The maximum Gasteiger partial charge on any atom is 0.407 e. The van der Waals surface area contributed by atoms with Crippen molar-refractivity contribution in [2.45, 2.75) is 18.4 Å². The number of carbonyl (C=O) groups is 1. The zero-order valence-corrected chi connectivity index (χ0v) is 15.9. The van der Waals surface area contributed by atoms with Gasteiger partial charge in [-0.1, -0.05) is 48.9 Å². The van der Waals surface area contributed by atoms with Gasteiger partial charge in [-0.15, -0.1) is 0 Å². The molecule has 2 aromatic rings. The Balaban J connectivity index is 2.11. The molecule has 1 aliphatic rings. The zero-order chi connectivity index (χ0) is 18.2. The summed E-state index contributed by atoms with van der Waals surface area (Å²) in [5.41, 5.74) is 0.595. The maximum absolute atomic E-state index is 14.0. The first-order valence-electron chi connectivity index (χ1n) is 7.67. The number of rotatable bonds is 3. The molecule has 1 aliphatic heterocycles. The molecule has 2 atom stereocenters. The van der Waals surface area contributed by atoms with Gasteiger partial charge in [-0.25, -0.2) is 9.18 Å². The van der Waals surface area contributed by atoms with Crippen LogP contribution in [0.1, 0.15) is 24.0 Å². The van der Waals surface area contributed by atoms with E-state index in [1.165, 1.54) is 13.1 Å². The van der Waals surface area contributed by atoms with Crippen LogP contribution >= 0.6 is 27.5 Å². The highest BCUT2D eigenvalue weighted by Crippen LogP contribution is 2.54. The van der Waals surface area contributed by atoms with Crippen molar-refractivity contribution in [1.82, 2.24) is 5.32 Å². The van der Waals surface area contributed by atoms with Gasteiger partial charge in [-0.05, 0) is 21.5 Å². The molecule has 0 aliphatic carbocycles. The number of carbonyl (C=O) groups excluding carboxylic acids is 1. The molecule has 0 bridgehead atoms. The molecule has 0 unspecified atom stereocenters. The Hall–Kier alpha value is -1.79. The monoisotopic (exact) mass is 427 g/mol. The van der Waals surface area contributed by atoms with E-state index in [0.29, 0.717) is 10.2 Å². The molecule has 25 heavy (non-hydrogen) atoms. The summed E-state index contributed by atoms with van der Waals surface area (Å²) in [5.74, 6) is -0.428. The summed E-state index contributed by atoms with van der Waals surface area (Å²) in [6, 6.07) is 10.7. The fraction of sp³-hybridized carbons (Fsp3) is 0.278. The number of alkyl carbamates (subject to hydrolysis) is 1. The van der Waals surface area contributed by atoms with Gasteiger partial charge in [0, 0.05) is 29.1 Å². The lowest BCUT2D eigenvalue weighted by atomic mass is 9.81. The first-order chi connectivity index (χ1) is 11.9. The lowest BCUT2D eigenvalue weighted by Crippen LogP contribution is -2.41. The van der Waals surface area contributed by atoms with Crippen molar-refractivity contribution in [3.8, 4) is 5.75 Å². The van der Waals surface area contributed by atoms with Crippen molar-refractivity contribution in [2.75, 3.05) is 13.7 Å². The summed E-state index contributed by atoms with van der Waals surface area (Å²) >= 11 is 9.41. The van der Waals surface area contributed by atoms with E-state index >= 15 is 0 Å². The Morgan fingerprint density at radius 2 is 2.12 bits per heavy atom. The average molecular weight is 429 g/mol. The summed E-state index contributed by atoms with van der Waals surface area (Å²) in [6.45, 7) is 1.91. The molecular formula is C18H16BrClFNO3. The first-order valence-corrected chi connectivity index (χ1v) is 8.84. The van der Waals surface area contributed by atoms with E-state index in [1.54, 1.807) is 0 Å². The zero-order valence-electron chi connectivity index (χ0n) is 13.6. The topological polar surface area (TPSA) is 47.6 Å². The van der Waals surface area contributed by atoms with Gasteiger partial charge in [0.05, 0.1) is 5.02 Å². The molecule has 1 N–H and O–H groups in total. The standard InChI is InChI=1S/C18H16BrClFNO3/c1-10-14-13(8-12(21)16(20)15(14)19)25-18(10,9-24-17(23)22-2)11-6-4-3-5-7-11/h3-8,10H,9H2,1-2H3,(H,22,23)/t10-,18-/m0/s1. The normalized spacial score (nSPS) is 21.4. The van der Waals surface area contributed by atoms with E-state index in [-0.39, 0.29) is 17.5 Å². The number of nitrogens with one attached hydrogen (secondary N) is 1. The van der Waals surface area contributed by atoms with Crippen molar-refractivity contribution >= 4 is 33.6 Å². The highest BCUT2D eigenvalue weighted by Gasteiger charge is 2.50. The molecule has 1 amide bonds. The maximum atomic E-state index is 14.0. The van der Waals surface area contributed by atoms with Gasteiger partial charge < -0.3 is 14.8 Å². The number of benzene rings is 2. The van der Waals surface area contributed by atoms with Crippen LogP contribution < -0.4 is 10.1 Å². The molecule has 132 valence electrons.